The maximum atomic E-state index is 11.5. The van der Waals surface area contributed by atoms with Gasteiger partial charge in [-0.3, -0.25) is 4.21 Å². The summed E-state index contributed by atoms with van der Waals surface area (Å²) in [5, 5.41) is -4.33. The van der Waals surface area contributed by atoms with Gasteiger partial charge in [0.2, 0.25) is 5.50 Å². The van der Waals surface area contributed by atoms with Crippen molar-refractivity contribution in [3.05, 3.63) is 0 Å². The Labute approximate surface area is 56.3 Å². The molecule has 0 saturated carbocycles. The molecule has 2 atom stereocenters. The second kappa shape index (κ2) is 2.85. The topological polar surface area (TPSA) is 40.1 Å². The monoisotopic (exact) mass is 181 g/mol. The van der Waals surface area contributed by atoms with Crippen LogP contribution in [0.1, 0.15) is 0 Å². The van der Waals surface area contributed by atoms with Gasteiger partial charge in [-0.05, 0) is 22.7 Å². The minimum atomic E-state index is -4.33. The molecule has 0 heterocycles. The fourth-order valence-electron chi connectivity index (χ4n) is 0.109. The predicted molar refractivity (Wildman–Crippen MR) is 24.6 cm³/mol. The molecular weight excluding hydrogens is 181 g/mol. The number of alkyl halides is 4. The fraction of sp³-hybridized carbons (Fsp3) is 1.00. The minimum absolute atomic E-state index is 3.33. The minimum Gasteiger partial charge on any atom is -0.770 e. The van der Waals surface area contributed by atoms with Crippen molar-refractivity contribution in [2.24, 2.45) is 0 Å². The van der Waals surface area contributed by atoms with Crippen molar-refractivity contribution in [2.45, 2.75) is 10.9 Å². The third kappa shape index (κ3) is 3.02. The lowest BCUT2D eigenvalue weighted by Gasteiger charge is -2.14. The van der Waals surface area contributed by atoms with Crippen molar-refractivity contribution in [3.8, 4) is 0 Å². The smallest absolute Gasteiger partial charge is 0.363 e. The fourth-order valence-corrected chi connectivity index (χ4v) is 0.546. The Morgan fingerprint density at radius 2 is 2.00 bits per heavy atom. The molecule has 0 bridgehead atoms. The highest BCUT2D eigenvalue weighted by Crippen LogP contribution is 2.27. The predicted octanol–water partition coefficient (Wildman–Crippen LogP) is 0.993. The summed E-state index contributed by atoms with van der Waals surface area (Å²) in [5.74, 6) is 0. The van der Waals surface area contributed by atoms with Crippen LogP contribution in [0.2, 0.25) is 0 Å². The number of halogens is 4. The summed E-state index contributed by atoms with van der Waals surface area (Å²) in [4.78, 5) is 0. The largest absolute Gasteiger partial charge is 0.770 e. The summed E-state index contributed by atoms with van der Waals surface area (Å²) in [5.41, 5.74) is -3.33. The average molecular weight is 182 g/mol. The molecule has 56 valence electrons. The quantitative estimate of drug-likeness (QED) is 0.471. The number of rotatable bonds is 2. The SMILES string of the molecule is O=S([O-])C(F)C(F)(F)Cl. The Balaban J connectivity index is 4.04. The van der Waals surface area contributed by atoms with Crippen molar-refractivity contribution < 1.29 is 21.9 Å². The molecule has 0 aliphatic rings. The molecule has 2 nitrogen and oxygen atoms in total. The molecule has 7 heteroatoms. The summed E-state index contributed by atoms with van der Waals surface area (Å²) in [6.07, 6.45) is 0. The molecule has 0 spiro atoms. The highest BCUT2D eigenvalue weighted by atomic mass is 35.5. The maximum absolute atomic E-state index is 11.5. The molecule has 0 aromatic rings. The van der Waals surface area contributed by atoms with E-state index in [1.54, 1.807) is 0 Å². The first kappa shape index (κ1) is 9.19. The molecule has 0 aromatic heterocycles. The summed E-state index contributed by atoms with van der Waals surface area (Å²) >= 11 is 0.499. The standard InChI is InChI=1S/C2H2ClF3O2S/c3-2(5,6)1(4)9(7)8/h1H,(H,7,8)/p-1. The van der Waals surface area contributed by atoms with Crippen LogP contribution in [0.5, 0.6) is 0 Å². The lowest BCUT2D eigenvalue weighted by Crippen LogP contribution is -2.27. The van der Waals surface area contributed by atoms with Gasteiger partial charge in [0.15, 0.2) is 0 Å². The second-order valence-corrected chi connectivity index (χ2v) is 2.56. The normalized spacial score (nSPS) is 19.2. The first-order valence-electron chi connectivity index (χ1n) is 1.64. The Morgan fingerprint density at radius 1 is 1.67 bits per heavy atom. The molecule has 0 aromatic carbocycles. The van der Waals surface area contributed by atoms with Crippen LogP contribution in [-0.4, -0.2) is 19.6 Å². The van der Waals surface area contributed by atoms with Gasteiger partial charge in [0, 0.05) is 0 Å². The van der Waals surface area contributed by atoms with Crippen LogP contribution in [0, 0.1) is 0 Å². The first-order valence-corrected chi connectivity index (χ1v) is 3.16. The number of hydrogen-bond donors (Lipinski definition) is 0. The van der Waals surface area contributed by atoms with E-state index in [1.165, 1.54) is 0 Å². The summed E-state index contributed by atoms with van der Waals surface area (Å²) in [7, 11) is 0. The molecule has 2 unspecified atom stereocenters. The van der Waals surface area contributed by atoms with Gasteiger partial charge in [-0.2, -0.15) is 8.78 Å². The summed E-state index contributed by atoms with van der Waals surface area (Å²) in [6, 6.07) is 0. The molecule has 9 heavy (non-hydrogen) atoms. The molecule has 0 aliphatic carbocycles. The van der Waals surface area contributed by atoms with Crippen molar-refractivity contribution >= 4 is 22.7 Å². The van der Waals surface area contributed by atoms with E-state index in [1.807, 2.05) is 0 Å². The molecule has 0 fully saturated rings. The first-order chi connectivity index (χ1) is 3.85. The van der Waals surface area contributed by atoms with Crippen LogP contribution in [0.4, 0.5) is 13.2 Å². The average Bonchev–Trinajstić information content (AvgIpc) is 1.62. The molecule has 0 radical (unpaired) electrons. The van der Waals surface area contributed by atoms with Gasteiger partial charge in [-0.15, -0.1) is 0 Å². The summed E-state index contributed by atoms with van der Waals surface area (Å²) < 4.78 is 53.1. The van der Waals surface area contributed by atoms with Gasteiger partial charge in [0.05, 0.1) is 0 Å². The van der Waals surface area contributed by atoms with Crippen LogP contribution in [0.3, 0.4) is 0 Å². The Hall–Kier alpha value is 0.190. The van der Waals surface area contributed by atoms with E-state index in [0.717, 1.165) is 0 Å². The van der Waals surface area contributed by atoms with Crippen molar-refractivity contribution in [1.82, 2.24) is 0 Å². The third-order valence-electron chi connectivity index (χ3n) is 0.426. The highest BCUT2D eigenvalue weighted by molar-refractivity contribution is 7.79. The lowest BCUT2D eigenvalue weighted by atomic mass is 10.8. The van der Waals surface area contributed by atoms with E-state index in [4.69, 9.17) is 0 Å². The zero-order valence-electron chi connectivity index (χ0n) is 3.81. The van der Waals surface area contributed by atoms with Gasteiger partial charge in [0.25, 0.3) is 0 Å². The zero-order chi connectivity index (χ0) is 7.65. The van der Waals surface area contributed by atoms with Gasteiger partial charge < -0.3 is 4.55 Å². The van der Waals surface area contributed by atoms with E-state index < -0.39 is 22.0 Å². The third-order valence-corrected chi connectivity index (χ3v) is 1.38. The van der Waals surface area contributed by atoms with Crippen molar-refractivity contribution in [2.75, 3.05) is 0 Å². The molecular formula is C2HClF3O2S-. The molecule has 0 saturated heterocycles. The molecule has 0 amide bonds. The van der Waals surface area contributed by atoms with Gasteiger partial charge in [-0.25, -0.2) is 4.39 Å². The highest BCUT2D eigenvalue weighted by Gasteiger charge is 2.38. The van der Waals surface area contributed by atoms with E-state index in [2.05, 4.69) is 11.6 Å². The van der Waals surface area contributed by atoms with E-state index >= 15 is 0 Å². The van der Waals surface area contributed by atoms with Crippen LogP contribution in [0.15, 0.2) is 0 Å². The Morgan fingerprint density at radius 3 is 2.00 bits per heavy atom. The molecule has 0 N–H and O–H groups in total. The zero-order valence-corrected chi connectivity index (χ0v) is 5.39. The van der Waals surface area contributed by atoms with Crippen molar-refractivity contribution in [3.63, 3.8) is 0 Å². The van der Waals surface area contributed by atoms with E-state index in [9.17, 15) is 21.9 Å². The lowest BCUT2D eigenvalue weighted by molar-refractivity contribution is 0.0433. The van der Waals surface area contributed by atoms with E-state index in [0.29, 0.717) is 0 Å². The van der Waals surface area contributed by atoms with Crippen LogP contribution >= 0.6 is 11.6 Å². The second-order valence-electron chi connectivity index (χ2n) is 1.12. The number of hydrogen-bond acceptors (Lipinski definition) is 2. The maximum Gasteiger partial charge on any atom is 0.363 e. The van der Waals surface area contributed by atoms with Crippen LogP contribution in [0.25, 0.3) is 0 Å². The molecule has 0 aliphatic heterocycles. The van der Waals surface area contributed by atoms with E-state index in [-0.39, 0.29) is 0 Å². The Kier molecular flexibility index (Phi) is 2.91. The summed E-state index contributed by atoms with van der Waals surface area (Å²) in [6.45, 7) is 0. The van der Waals surface area contributed by atoms with Gasteiger partial charge >= 0.3 is 5.38 Å². The Bertz CT molecular complexity index is 123. The molecule has 0 rings (SSSR count). The van der Waals surface area contributed by atoms with Crippen LogP contribution < -0.4 is 0 Å². The van der Waals surface area contributed by atoms with Gasteiger partial charge in [0.1, 0.15) is 0 Å². The van der Waals surface area contributed by atoms with Gasteiger partial charge in [-0.1, -0.05) is 0 Å². The van der Waals surface area contributed by atoms with Crippen molar-refractivity contribution in [1.29, 1.82) is 0 Å². The van der Waals surface area contributed by atoms with Crippen LogP contribution in [-0.2, 0) is 11.1 Å².